The lowest BCUT2D eigenvalue weighted by atomic mass is 9.95. The predicted molar refractivity (Wildman–Crippen MR) is 67.8 cm³/mol. The Balaban J connectivity index is 1.88. The number of hydroxylamine groups is 2. The van der Waals surface area contributed by atoms with Crippen LogP contribution in [-0.2, 0) is 16.0 Å². The van der Waals surface area contributed by atoms with Crippen molar-refractivity contribution in [1.82, 2.24) is 9.96 Å². The molecule has 2 aliphatic heterocycles. The largest absolute Gasteiger partial charge is 0.326 e. The third kappa shape index (κ3) is 1.89. The number of hydrogen-bond acceptors (Lipinski definition) is 4. The van der Waals surface area contributed by atoms with E-state index in [1.807, 2.05) is 12.1 Å². The highest BCUT2D eigenvalue weighted by Crippen LogP contribution is 2.25. The maximum absolute atomic E-state index is 12.4. The van der Waals surface area contributed by atoms with Crippen LogP contribution in [0.1, 0.15) is 28.8 Å². The van der Waals surface area contributed by atoms with Gasteiger partial charge in [0.05, 0.1) is 0 Å². The van der Waals surface area contributed by atoms with Gasteiger partial charge in [-0.1, -0.05) is 18.2 Å². The predicted octanol–water partition coefficient (Wildman–Crippen LogP) is 0.592. The zero-order chi connectivity index (χ0) is 14.3. The van der Waals surface area contributed by atoms with Crippen LogP contribution in [0.4, 0.5) is 0 Å². The quantitative estimate of drug-likeness (QED) is 0.600. The van der Waals surface area contributed by atoms with Gasteiger partial charge in [-0.15, -0.1) is 0 Å². The first-order valence-electron chi connectivity index (χ1n) is 6.54. The van der Waals surface area contributed by atoms with Gasteiger partial charge in [-0.2, -0.15) is 5.06 Å². The van der Waals surface area contributed by atoms with Crippen molar-refractivity contribution < 1.29 is 19.6 Å². The zero-order valence-electron chi connectivity index (χ0n) is 10.8. The highest BCUT2D eigenvalue weighted by Gasteiger charge is 2.40. The van der Waals surface area contributed by atoms with Crippen LogP contribution in [0.5, 0.6) is 0 Å². The Morgan fingerprint density at radius 1 is 1.10 bits per heavy atom. The summed E-state index contributed by atoms with van der Waals surface area (Å²) in [6.45, 7) is 0.425. The fourth-order valence-corrected chi connectivity index (χ4v) is 2.78. The van der Waals surface area contributed by atoms with Gasteiger partial charge in [0, 0.05) is 18.5 Å². The summed E-state index contributed by atoms with van der Waals surface area (Å²) >= 11 is 0. The van der Waals surface area contributed by atoms with Gasteiger partial charge in [0.15, 0.2) is 0 Å². The molecule has 1 atom stereocenters. The molecule has 2 heterocycles. The zero-order valence-corrected chi connectivity index (χ0v) is 10.8. The van der Waals surface area contributed by atoms with Crippen LogP contribution in [0.25, 0.3) is 0 Å². The van der Waals surface area contributed by atoms with Crippen molar-refractivity contribution in [2.75, 3.05) is 6.54 Å². The first-order valence-corrected chi connectivity index (χ1v) is 6.54. The SMILES string of the molecule is O=C1CCC(N2CCc3ccccc3C2=O)C(=O)N1O. The molecule has 1 N–H and O–H groups in total. The standard InChI is InChI=1S/C14H14N2O4/c17-12-6-5-11(14(19)16(12)20)15-8-7-9-3-1-2-4-10(9)13(15)18/h1-4,11,20H,5-8H2. The molecule has 104 valence electrons. The number of imide groups is 1. The van der Waals surface area contributed by atoms with Gasteiger partial charge in [-0.3, -0.25) is 19.6 Å². The van der Waals surface area contributed by atoms with E-state index in [2.05, 4.69) is 0 Å². The van der Waals surface area contributed by atoms with Crippen LogP contribution in [0, 0.1) is 0 Å². The number of benzene rings is 1. The summed E-state index contributed by atoms with van der Waals surface area (Å²) < 4.78 is 0. The molecule has 0 saturated carbocycles. The van der Waals surface area contributed by atoms with E-state index in [-0.39, 0.29) is 23.8 Å². The molecule has 1 unspecified atom stereocenters. The van der Waals surface area contributed by atoms with E-state index < -0.39 is 17.9 Å². The van der Waals surface area contributed by atoms with Gasteiger partial charge < -0.3 is 4.90 Å². The average molecular weight is 274 g/mol. The molecule has 0 spiro atoms. The smallest absolute Gasteiger partial charge is 0.276 e. The number of amides is 3. The van der Waals surface area contributed by atoms with Gasteiger partial charge in [-0.25, -0.2) is 0 Å². The van der Waals surface area contributed by atoms with E-state index in [1.54, 1.807) is 12.1 Å². The summed E-state index contributed by atoms with van der Waals surface area (Å²) in [7, 11) is 0. The van der Waals surface area contributed by atoms with Gasteiger partial charge in [0.25, 0.3) is 17.7 Å². The Hall–Kier alpha value is -2.21. The molecule has 1 saturated heterocycles. The van der Waals surface area contributed by atoms with Crippen LogP contribution in [-0.4, -0.2) is 45.5 Å². The Kier molecular flexibility index (Phi) is 3.02. The van der Waals surface area contributed by atoms with Gasteiger partial charge >= 0.3 is 0 Å². The number of nitrogens with zero attached hydrogens (tertiary/aromatic N) is 2. The van der Waals surface area contributed by atoms with Crippen molar-refractivity contribution in [3.05, 3.63) is 35.4 Å². The Morgan fingerprint density at radius 2 is 1.85 bits per heavy atom. The molecular weight excluding hydrogens is 260 g/mol. The molecule has 6 heteroatoms. The summed E-state index contributed by atoms with van der Waals surface area (Å²) in [5.74, 6) is -1.54. The second-order valence-electron chi connectivity index (χ2n) is 5.00. The molecule has 3 rings (SSSR count). The van der Waals surface area contributed by atoms with Gasteiger partial charge in [0.2, 0.25) is 0 Å². The molecule has 0 aliphatic carbocycles. The summed E-state index contributed by atoms with van der Waals surface area (Å²) in [5, 5.41) is 9.57. The molecule has 6 nitrogen and oxygen atoms in total. The monoisotopic (exact) mass is 274 g/mol. The molecule has 0 bridgehead atoms. The first-order chi connectivity index (χ1) is 9.59. The number of rotatable bonds is 1. The Labute approximate surface area is 115 Å². The molecule has 0 radical (unpaired) electrons. The van der Waals surface area contributed by atoms with Gasteiger partial charge in [-0.05, 0) is 24.5 Å². The number of hydrogen-bond donors (Lipinski definition) is 1. The molecule has 2 aliphatic rings. The molecule has 20 heavy (non-hydrogen) atoms. The minimum atomic E-state index is -0.751. The highest BCUT2D eigenvalue weighted by molar-refractivity contribution is 6.03. The number of piperidine rings is 1. The third-order valence-electron chi connectivity index (χ3n) is 3.87. The fourth-order valence-electron chi connectivity index (χ4n) is 2.78. The van der Waals surface area contributed by atoms with Gasteiger partial charge in [0.1, 0.15) is 6.04 Å². The van der Waals surface area contributed by atoms with E-state index in [0.717, 1.165) is 5.56 Å². The van der Waals surface area contributed by atoms with Crippen LogP contribution in [0.2, 0.25) is 0 Å². The lowest BCUT2D eigenvalue weighted by Gasteiger charge is -2.37. The maximum Gasteiger partial charge on any atom is 0.276 e. The van der Waals surface area contributed by atoms with E-state index in [4.69, 9.17) is 0 Å². The summed E-state index contributed by atoms with van der Waals surface area (Å²) in [5.41, 5.74) is 1.56. The van der Waals surface area contributed by atoms with Crippen molar-refractivity contribution in [3.63, 3.8) is 0 Å². The fraction of sp³-hybridized carbons (Fsp3) is 0.357. The van der Waals surface area contributed by atoms with Crippen molar-refractivity contribution in [2.24, 2.45) is 0 Å². The molecule has 1 aromatic carbocycles. The highest BCUT2D eigenvalue weighted by atomic mass is 16.5. The molecule has 1 aromatic rings. The summed E-state index contributed by atoms with van der Waals surface area (Å²) in [6.07, 6.45) is 1.01. The average Bonchev–Trinajstić information content (AvgIpc) is 2.47. The third-order valence-corrected chi connectivity index (χ3v) is 3.87. The van der Waals surface area contributed by atoms with Crippen LogP contribution < -0.4 is 0 Å². The van der Waals surface area contributed by atoms with Crippen molar-refractivity contribution in [3.8, 4) is 0 Å². The molecule has 1 fully saturated rings. The first kappa shape index (κ1) is 12.8. The second-order valence-corrected chi connectivity index (χ2v) is 5.00. The lowest BCUT2D eigenvalue weighted by molar-refractivity contribution is -0.187. The lowest BCUT2D eigenvalue weighted by Crippen LogP contribution is -2.56. The minimum absolute atomic E-state index is 0.0678. The maximum atomic E-state index is 12.4. The van der Waals surface area contributed by atoms with E-state index in [9.17, 15) is 19.6 Å². The topological polar surface area (TPSA) is 77.9 Å². The molecular formula is C14H14N2O4. The summed E-state index contributed by atoms with van der Waals surface area (Å²) in [6, 6.07) is 6.54. The van der Waals surface area contributed by atoms with E-state index in [1.165, 1.54) is 4.90 Å². The number of fused-ring (bicyclic) bond motifs is 1. The van der Waals surface area contributed by atoms with Crippen molar-refractivity contribution in [1.29, 1.82) is 0 Å². The minimum Gasteiger partial charge on any atom is -0.326 e. The second kappa shape index (κ2) is 4.72. The molecule has 0 aromatic heterocycles. The van der Waals surface area contributed by atoms with E-state index in [0.29, 0.717) is 18.5 Å². The Bertz CT molecular complexity index is 599. The van der Waals surface area contributed by atoms with Crippen molar-refractivity contribution in [2.45, 2.75) is 25.3 Å². The van der Waals surface area contributed by atoms with Crippen LogP contribution in [0.3, 0.4) is 0 Å². The van der Waals surface area contributed by atoms with Crippen LogP contribution in [0.15, 0.2) is 24.3 Å². The van der Waals surface area contributed by atoms with Crippen LogP contribution >= 0.6 is 0 Å². The summed E-state index contributed by atoms with van der Waals surface area (Å²) in [4.78, 5) is 37.1. The molecule has 3 amide bonds. The van der Waals surface area contributed by atoms with Crippen molar-refractivity contribution >= 4 is 17.7 Å². The van der Waals surface area contributed by atoms with E-state index >= 15 is 0 Å². The normalized spacial score (nSPS) is 23.1. The Morgan fingerprint density at radius 3 is 2.65 bits per heavy atom. The number of carbonyl (C=O) groups is 3. The number of carbonyl (C=O) groups excluding carboxylic acids is 3.